The molecule has 0 saturated heterocycles. The summed E-state index contributed by atoms with van der Waals surface area (Å²) >= 11 is 1.25. The van der Waals surface area contributed by atoms with Gasteiger partial charge in [-0.25, -0.2) is 9.18 Å². The van der Waals surface area contributed by atoms with Crippen molar-refractivity contribution < 1.29 is 23.8 Å². The lowest BCUT2D eigenvalue weighted by Gasteiger charge is -2.04. The molecule has 1 rings (SSSR count). The summed E-state index contributed by atoms with van der Waals surface area (Å²) in [7, 11) is 1.30. The molecule has 102 valence electrons. The molecule has 0 amide bonds. The van der Waals surface area contributed by atoms with E-state index >= 15 is 0 Å². The van der Waals surface area contributed by atoms with Gasteiger partial charge in [0, 0.05) is 11.8 Å². The molecular weight excluding hydrogens is 271 g/mol. The number of carbonyl (C=O) groups excluding carboxylic acids is 1. The van der Waals surface area contributed by atoms with E-state index in [1.165, 1.54) is 31.0 Å². The Balaban J connectivity index is 2.62. The van der Waals surface area contributed by atoms with Crippen molar-refractivity contribution in [2.75, 3.05) is 12.9 Å². The zero-order valence-corrected chi connectivity index (χ0v) is 11.1. The molecule has 1 aromatic carbocycles. The molecule has 6 heteroatoms. The number of esters is 1. The van der Waals surface area contributed by atoms with Gasteiger partial charge in [-0.3, -0.25) is 4.79 Å². The van der Waals surface area contributed by atoms with Gasteiger partial charge in [-0.2, -0.15) is 0 Å². The third kappa shape index (κ3) is 5.56. The van der Waals surface area contributed by atoms with Crippen molar-refractivity contribution in [1.29, 1.82) is 0 Å². The van der Waals surface area contributed by atoms with Crippen LogP contribution >= 0.6 is 11.8 Å². The average Bonchev–Trinajstić information content (AvgIpc) is 2.38. The van der Waals surface area contributed by atoms with E-state index in [-0.39, 0.29) is 11.7 Å². The monoisotopic (exact) mass is 284 g/mol. The number of hydrogen-bond acceptors (Lipinski definition) is 4. The van der Waals surface area contributed by atoms with E-state index in [1.54, 1.807) is 12.1 Å². The summed E-state index contributed by atoms with van der Waals surface area (Å²) < 4.78 is 18.1. The molecule has 0 saturated carbocycles. The van der Waals surface area contributed by atoms with Crippen molar-refractivity contribution >= 4 is 29.8 Å². The maximum atomic E-state index is 13.7. The van der Waals surface area contributed by atoms with Gasteiger partial charge in [0.1, 0.15) is 5.82 Å². The molecule has 0 atom stereocenters. The normalized spacial score (nSPS) is 10.6. The van der Waals surface area contributed by atoms with Crippen LogP contribution in [0.2, 0.25) is 0 Å². The standard InChI is InChI=1S/C13H13FO4S/c1-18-13(17)8-19-7-10-4-2-9(6-11(10)14)3-5-12(15)16/h2-6H,7-8H2,1H3,(H,15,16). The fourth-order valence-corrected chi connectivity index (χ4v) is 2.10. The second-order valence-corrected chi connectivity index (χ2v) is 4.58. The second kappa shape index (κ2) is 7.58. The number of carbonyl (C=O) groups is 2. The second-order valence-electron chi connectivity index (χ2n) is 3.59. The highest BCUT2D eigenvalue weighted by Gasteiger charge is 2.05. The SMILES string of the molecule is COC(=O)CSCc1ccc(C=CC(=O)O)cc1F. The fraction of sp³-hybridized carbons (Fsp3) is 0.231. The summed E-state index contributed by atoms with van der Waals surface area (Å²) in [6, 6.07) is 4.45. The zero-order valence-electron chi connectivity index (χ0n) is 10.3. The Hall–Kier alpha value is -1.82. The predicted molar refractivity (Wildman–Crippen MR) is 71.2 cm³/mol. The highest BCUT2D eigenvalue weighted by molar-refractivity contribution is 7.99. The van der Waals surface area contributed by atoms with Gasteiger partial charge in [-0.15, -0.1) is 11.8 Å². The van der Waals surface area contributed by atoms with Gasteiger partial charge >= 0.3 is 11.9 Å². The fourth-order valence-electron chi connectivity index (χ4n) is 1.26. The first kappa shape index (κ1) is 15.2. The molecule has 0 aliphatic rings. The number of methoxy groups -OCH3 is 1. The predicted octanol–water partition coefficient (Wildman–Crippen LogP) is 2.33. The van der Waals surface area contributed by atoms with Crippen LogP contribution < -0.4 is 0 Å². The smallest absolute Gasteiger partial charge is 0.328 e. The van der Waals surface area contributed by atoms with Gasteiger partial charge in [-0.1, -0.05) is 12.1 Å². The summed E-state index contributed by atoms with van der Waals surface area (Å²) in [5, 5.41) is 8.46. The molecule has 0 unspecified atom stereocenters. The van der Waals surface area contributed by atoms with Crippen LogP contribution in [-0.2, 0) is 20.1 Å². The van der Waals surface area contributed by atoms with Crippen molar-refractivity contribution in [3.63, 3.8) is 0 Å². The van der Waals surface area contributed by atoms with E-state index in [0.717, 1.165) is 6.08 Å². The number of ether oxygens (including phenoxy) is 1. The molecule has 0 aliphatic carbocycles. The van der Waals surface area contributed by atoms with Crippen LogP contribution in [0.1, 0.15) is 11.1 Å². The largest absolute Gasteiger partial charge is 0.478 e. The number of rotatable bonds is 6. The minimum absolute atomic E-state index is 0.163. The maximum absolute atomic E-state index is 13.7. The van der Waals surface area contributed by atoms with Crippen LogP contribution in [0, 0.1) is 5.82 Å². The van der Waals surface area contributed by atoms with E-state index in [2.05, 4.69) is 4.74 Å². The molecule has 1 aromatic rings. The minimum Gasteiger partial charge on any atom is -0.478 e. The van der Waals surface area contributed by atoms with E-state index in [1.807, 2.05) is 0 Å². The van der Waals surface area contributed by atoms with Gasteiger partial charge in [0.2, 0.25) is 0 Å². The minimum atomic E-state index is -1.09. The molecule has 0 spiro atoms. The molecule has 0 radical (unpaired) electrons. The molecular formula is C13H13FO4S. The van der Waals surface area contributed by atoms with E-state index in [0.29, 0.717) is 16.9 Å². The number of benzene rings is 1. The summed E-state index contributed by atoms with van der Waals surface area (Å²) in [6.45, 7) is 0. The van der Waals surface area contributed by atoms with Gasteiger partial charge in [0.05, 0.1) is 12.9 Å². The van der Waals surface area contributed by atoms with Crippen LogP contribution in [0.5, 0.6) is 0 Å². The molecule has 0 aliphatic heterocycles. The number of aliphatic carboxylic acids is 1. The molecule has 1 N–H and O–H groups in total. The average molecular weight is 284 g/mol. The van der Waals surface area contributed by atoms with Crippen LogP contribution in [0.4, 0.5) is 4.39 Å². The molecule has 19 heavy (non-hydrogen) atoms. The topological polar surface area (TPSA) is 63.6 Å². The van der Waals surface area contributed by atoms with Crippen LogP contribution in [0.25, 0.3) is 6.08 Å². The summed E-state index contributed by atoms with van der Waals surface area (Å²) in [6.07, 6.45) is 2.26. The lowest BCUT2D eigenvalue weighted by atomic mass is 10.1. The van der Waals surface area contributed by atoms with Crippen molar-refractivity contribution in [2.24, 2.45) is 0 Å². The lowest BCUT2D eigenvalue weighted by molar-refractivity contribution is -0.137. The third-order valence-electron chi connectivity index (χ3n) is 2.20. The van der Waals surface area contributed by atoms with Crippen LogP contribution in [0.3, 0.4) is 0 Å². The van der Waals surface area contributed by atoms with Crippen molar-refractivity contribution in [2.45, 2.75) is 5.75 Å². The molecule has 4 nitrogen and oxygen atoms in total. The Morgan fingerprint density at radius 1 is 1.47 bits per heavy atom. The molecule has 0 bridgehead atoms. The number of carboxylic acid groups (broad SMARTS) is 1. The van der Waals surface area contributed by atoms with Crippen molar-refractivity contribution in [3.05, 3.63) is 41.2 Å². The Morgan fingerprint density at radius 3 is 2.79 bits per heavy atom. The van der Waals surface area contributed by atoms with E-state index in [4.69, 9.17) is 5.11 Å². The van der Waals surface area contributed by atoms with E-state index in [9.17, 15) is 14.0 Å². The van der Waals surface area contributed by atoms with Crippen LogP contribution in [-0.4, -0.2) is 29.9 Å². The Bertz CT molecular complexity index is 499. The number of halogens is 1. The number of carboxylic acids is 1. The van der Waals surface area contributed by atoms with Gasteiger partial charge in [0.15, 0.2) is 0 Å². The first-order valence-electron chi connectivity index (χ1n) is 5.37. The van der Waals surface area contributed by atoms with Crippen molar-refractivity contribution in [1.82, 2.24) is 0 Å². The maximum Gasteiger partial charge on any atom is 0.328 e. The first-order valence-corrected chi connectivity index (χ1v) is 6.52. The Morgan fingerprint density at radius 2 is 2.21 bits per heavy atom. The molecule has 0 heterocycles. The van der Waals surface area contributed by atoms with E-state index < -0.39 is 11.8 Å². The number of thioether (sulfide) groups is 1. The lowest BCUT2D eigenvalue weighted by Crippen LogP contribution is -2.03. The summed E-state index contributed by atoms with van der Waals surface area (Å²) in [5.41, 5.74) is 0.933. The third-order valence-corrected chi connectivity index (χ3v) is 3.16. The highest BCUT2D eigenvalue weighted by atomic mass is 32.2. The quantitative estimate of drug-likeness (QED) is 0.641. The Kier molecular flexibility index (Phi) is 6.08. The highest BCUT2D eigenvalue weighted by Crippen LogP contribution is 2.18. The zero-order chi connectivity index (χ0) is 14.3. The number of hydrogen-bond donors (Lipinski definition) is 1. The molecule has 0 fully saturated rings. The summed E-state index contributed by atoms with van der Waals surface area (Å²) in [5.74, 6) is -1.35. The van der Waals surface area contributed by atoms with Gasteiger partial charge in [-0.05, 0) is 23.3 Å². The summed E-state index contributed by atoms with van der Waals surface area (Å²) in [4.78, 5) is 21.2. The Labute approximate surface area is 114 Å². The van der Waals surface area contributed by atoms with Gasteiger partial charge < -0.3 is 9.84 Å². The molecule has 0 aromatic heterocycles. The van der Waals surface area contributed by atoms with Crippen LogP contribution in [0.15, 0.2) is 24.3 Å². The van der Waals surface area contributed by atoms with Crippen molar-refractivity contribution in [3.8, 4) is 0 Å². The van der Waals surface area contributed by atoms with Gasteiger partial charge in [0.25, 0.3) is 0 Å². The first-order chi connectivity index (χ1) is 9.02.